The largest absolute Gasteiger partial charge is 0.377 e. The van der Waals surface area contributed by atoms with Gasteiger partial charge < -0.3 is 15.4 Å². The average Bonchev–Trinajstić information content (AvgIpc) is 3.35. The van der Waals surface area contributed by atoms with Gasteiger partial charge in [-0.1, -0.05) is 0 Å². The van der Waals surface area contributed by atoms with E-state index < -0.39 is 0 Å². The lowest BCUT2D eigenvalue weighted by molar-refractivity contribution is -0.149. The number of aromatic nitrogens is 4. The molecular formula is C18H25N7O. The van der Waals surface area contributed by atoms with Crippen LogP contribution in [0, 0.1) is 0 Å². The van der Waals surface area contributed by atoms with Crippen molar-refractivity contribution in [3.05, 3.63) is 24.0 Å². The third-order valence-corrected chi connectivity index (χ3v) is 5.85. The molecule has 1 atom stereocenters. The van der Waals surface area contributed by atoms with Crippen LogP contribution in [0.25, 0.3) is 0 Å². The Hall–Kier alpha value is -2.19. The van der Waals surface area contributed by atoms with E-state index in [2.05, 4.69) is 48.8 Å². The standard InChI is InChI=1S/C18H25N7O/c1-25-7-5-13(9-18(25)10-26-11-18)20-17-19-6-4-15(22-17)21-16-8-14(23-24-16)12-2-3-12/h4,6,8,12-13H,2-3,5,7,9-11H2,1H3,(H3,19,20,21,22,23,24)/t13-/m0/s1. The van der Waals surface area contributed by atoms with Crippen LogP contribution in [0.1, 0.15) is 37.3 Å². The smallest absolute Gasteiger partial charge is 0.224 e. The Morgan fingerprint density at radius 3 is 2.92 bits per heavy atom. The van der Waals surface area contributed by atoms with Crippen molar-refractivity contribution < 1.29 is 4.74 Å². The van der Waals surface area contributed by atoms with E-state index in [4.69, 9.17) is 4.74 Å². The molecule has 1 saturated carbocycles. The van der Waals surface area contributed by atoms with Gasteiger partial charge in [-0.15, -0.1) is 0 Å². The van der Waals surface area contributed by atoms with Crippen LogP contribution in [0.5, 0.6) is 0 Å². The quantitative estimate of drug-likeness (QED) is 0.756. The lowest BCUT2D eigenvalue weighted by atomic mass is 9.82. The first kappa shape index (κ1) is 16.0. The lowest BCUT2D eigenvalue weighted by Gasteiger charge is -2.53. The van der Waals surface area contributed by atoms with Gasteiger partial charge in [-0.05, 0) is 38.8 Å². The van der Waals surface area contributed by atoms with Crippen molar-refractivity contribution in [3.8, 4) is 0 Å². The van der Waals surface area contributed by atoms with Crippen molar-refractivity contribution in [3.63, 3.8) is 0 Å². The predicted molar refractivity (Wildman–Crippen MR) is 98.7 cm³/mol. The van der Waals surface area contributed by atoms with E-state index in [9.17, 15) is 0 Å². The normalized spacial score (nSPS) is 25.0. The molecule has 8 nitrogen and oxygen atoms in total. The Kier molecular flexibility index (Phi) is 3.82. The number of nitrogens with zero attached hydrogens (tertiary/aromatic N) is 4. The summed E-state index contributed by atoms with van der Waals surface area (Å²) in [6.07, 6.45) is 6.44. The van der Waals surface area contributed by atoms with Crippen molar-refractivity contribution in [1.29, 1.82) is 0 Å². The second-order valence-electron chi connectivity index (χ2n) is 7.85. The first-order valence-electron chi connectivity index (χ1n) is 9.41. The fraction of sp³-hybridized carbons (Fsp3) is 0.611. The minimum atomic E-state index is 0.194. The summed E-state index contributed by atoms with van der Waals surface area (Å²) in [7, 11) is 2.19. The molecule has 3 fully saturated rings. The topological polar surface area (TPSA) is 91.0 Å². The molecule has 138 valence electrons. The number of nitrogens with one attached hydrogen (secondary N) is 3. The van der Waals surface area contributed by atoms with Gasteiger partial charge in [-0.3, -0.25) is 10.00 Å². The van der Waals surface area contributed by atoms with Crippen LogP contribution in [-0.4, -0.2) is 63.5 Å². The van der Waals surface area contributed by atoms with Crippen LogP contribution in [0.2, 0.25) is 0 Å². The number of aromatic amines is 1. The van der Waals surface area contributed by atoms with Gasteiger partial charge in [-0.25, -0.2) is 4.98 Å². The Balaban J connectivity index is 1.24. The van der Waals surface area contributed by atoms with Crippen LogP contribution in [-0.2, 0) is 4.74 Å². The lowest BCUT2D eigenvalue weighted by Crippen LogP contribution is -2.65. The summed E-state index contributed by atoms with van der Waals surface area (Å²) in [5.41, 5.74) is 1.40. The van der Waals surface area contributed by atoms with Gasteiger partial charge in [0.2, 0.25) is 5.95 Å². The fourth-order valence-corrected chi connectivity index (χ4v) is 3.92. The van der Waals surface area contributed by atoms with Crippen molar-refractivity contribution >= 4 is 17.6 Å². The second kappa shape index (κ2) is 6.21. The Morgan fingerprint density at radius 2 is 2.15 bits per heavy atom. The number of rotatable bonds is 5. The summed E-state index contributed by atoms with van der Waals surface area (Å²) in [6, 6.07) is 4.31. The third kappa shape index (κ3) is 3.03. The summed E-state index contributed by atoms with van der Waals surface area (Å²) < 4.78 is 5.47. The first-order valence-corrected chi connectivity index (χ1v) is 9.41. The van der Waals surface area contributed by atoms with Crippen molar-refractivity contribution in [1.82, 2.24) is 25.1 Å². The molecule has 8 heteroatoms. The summed E-state index contributed by atoms with van der Waals surface area (Å²) in [4.78, 5) is 11.4. The highest BCUT2D eigenvalue weighted by atomic mass is 16.5. The summed E-state index contributed by atoms with van der Waals surface area (Å²) in [5, 5.41) is 14.2. The number of piperidine rings is 1. The molecule has 1 spiro atoms. The molecule has 4 heterocycles. The molecule has 3 N–H and O–H groups in total. The zero-order chi connectivity index (χ0) is 17.6. The van der Waals surface area contributed by atoms with E-state index in [0.717, 1.165) is 44.2 Å². The Morgan fingerprint density at radius 1 is 1.27 bits per heavy atom. The number of ether oxygens (including phenoxy) is 1. The molecule has 0 unspecified atom stereocenters. The van der Waals surface area contributed by atoms with E-state index >= 15 is 0 Å². The molecule has 0 aromatic carbocycles. The number of hydrogen-bond acceptors (Lipinski definition) is 7. The molecule has 2 saturated heterocycles. The van der Waals surface area contributed by atoms with Gasteiger partial charge in [0.05, 0.1) is 18.8 Å². The highest BCUT2D eigenvalue weighted by Crippen LogP contribution is 2.39. The minimum Gasteiger partial charge on any atom is -0.377 e. The molecular weight excluding hydrogens is 330 g/mol. The number of anilines is 3. The number of hydrogen-bond donors (Lipinski definition) is 3. The molecule has 0 radical (unpaired) electrons. The van der Waals surface area contributed by atoms with Gasteiger partial charge in [0.15, 0.2) is 5.82 Å². The van der Waals surface area contributed by atoms with Crippen LogP contribution in [0.3, 0.4) is 0 Å². The minimum absolute atomic E-state index is 0.194. The zero-order valence-corrected chi connectivity index (χ0v) is 15.0. The van der Waals surface area contributed by atoms with Crippen LogP contribution in [0.4, 0.5) is 17.6 Å². The second-order valence-corrected chi connectivity index (χ2v) is 7.85. The van der Waals surface area contributed by atoms with E-state index in [1.165, 1.54) is 18.5 Å². The summed E-state index contributed by atoms with van der Waals surface area (Å²) >= 11 is 0. The third-order valence-electron chi connectivity index (χ3n) is 5.85. The molecule has 1 aliphatic carbocycles. The molecule has 2 aromatic rings. The van der Waals surface area contributed by atoms with E-state index in [1.54, 1.807) is 6.20 Å². The molecule has 2 aliphatic heterocycles. The van der Waals surface area contributed by atoms with Gasteiger partial charge in [0.25, 0.3) is 0 Å². The fourth-order valence-electron chi connectivity index (χ4n) is 3.92. The SMILES string of the molecule is CN1CC[C@H](Nc2nccc(Nc3cc(C4CC4)[nH]n3)n2)CC12COC2. The monoisotopic (exact) mass is 355 g/mol. The predicted octanol–water partition coefficient (Wildman–Crippen LogP) is 2.10. The zero-order valence-electron chi connectivity index (χ0n) is 15.0. The summed E-state index contributed by atoms with van der Waals surface area (Å²) in [5.74, 6) is 2.89. The molecule has 2 aromatic heterocycles. The van der Waals surface area contributed by atoms with Crippen molar-refractivity contribution in [2.24, 2.45) is 0 Å². The first-order chi connectivity index (χ1) is 12.7. The Bertz CT molecular complexity index is 783. The van der Waals surface area contributed by atoms with Crippen LogP contribution < -0.4 is 10.6 Å². The van der Waals surface area contributed by atoms with Gasteiger partial charge in [-0.2, -0.15) is 10.1 Å². The maximum atomic E-state index is 5.47. The Labute approximate surface area is 152 Å². The summed E-state index contributed by atoms with van der Waals surface area (Å²) in [6.45, 7) is 2.72. The van der Waals surface area contributed by atoms with E-state index in [1.807, 2.05) is 6.07 Å². The maximum Gasteiger partial charge on any atom is 0.224 e. The molecule has 5 rings (SSSR count). The number of likely N-dealkylation sites (tertiary alicyclic amines) is 1. The van der Waals surface area contributed by atoms with Gasteiger partial charge in [0, 0.05) is 36.5 Å². The number of likely N-dealkylation sites (N-methyl/N-ethyl adjacent to an activating group) is 1. The molecule has 0 amide bonds. The van der Waals surface area contributed by atoms with Crippen molar-refractivity contribution in [2.75, 3.05) is 37.4 Å². The van der Waals surface area contributed by atoms with E-state index in [-0.39, 0.29) is 5.54 Å². The molecule has 3 aliphatic rings. The molecule has 26 heavy (non-hydrogen) atoms. The highest BCUT2D eigenvalue weighted by Gasteiger charge is 2.46. The average molecular weight is 355 g/mol. The van der Waals surface area contributed by atoms with Gasteiger partial charge in [0.1, 0.15) is 5.82 Å². The van der Waals surface area contributed by atoms with E-state index in [0.29, 0.717) is 17.9 Å². The maximum absolute atomic E-state index is 5.47. The molecule has 0 bridgehead atoms. The van der Waals surface area contributed by atoms with Crippen LogP contribution in [0.15, 0.2) is 18.3 Å². The van der Waals surface area contributed by atoms with Crippen molar-refractivity contribution in [2.45, 2.75) is 43.2 Å². The van der Waals surface area contributed by atoms with Gasteiger partial charge >= 0.3 is 0 Å². The van der Waals surface area contributed by atoms with Crippen LogP contribution >= 0.6 is 0 Å². The number of H-pyrrole nitrogens is 1. The highest BCUT2D eigenvalue weighted by molar-refractivity contribution is 5.53.